The van der Waals surface area contributed by atoms with Crippen LogP contribution in [0.2, 0.25) is 0 Å². The number of para-hydroxylation sites is 1. The molecule has 0 fully saturated rings. The highest BCUT2D eigenvalue weighted by atomic mass is 127. The quantitative estimate of drug-likeness (QED) is 0.811. The minimum absolute atomic E-state index is 0.216. The number of nitrogens with one attached hydrogen (secondary N) is 2. The normalized spacial score (nSPS) is 10.1. The molecule has 18 heavy (non-hydrogen) atoms. The zero-order valence-corrected chi connectivity index (χ0v) is 12.7. The Morgan fingerprint density at radius 3 is 2.89 bits per heavy atom. The third kappa shape index (κ3) is 3.67. The molecule has 6 heteroatoms. The van der Waals surface area contributed by atoms with E-state index in [0.29, 0.717) is 6.54 Å². The monoisotopic (exact) mass is 373 g/mol. The number of rotatable bonds is 3. The third-order valence-corrected chi connectivity index (χ3v) is 4.10. The SMILES string of the molecule is Cc1csc(CNC(=O)Nc2ccccc2I)n1. The summed E-state index contributed by atoms with van der Waals surface area (Å²) in [6.07, 6.45) is 0. The van der Waals surface area contributed by atoms with Crippen molar-refractivity contribution in [2.45, 2.75) is 13.5 Å². The third-order valence-electron chi connectivity index (χ3n) is 2.19. The summed E-state index contributed by atoms with van der Waals surface area (Å²) >= 11 is 3.73. The smallest absolute Gasteiger partial charge is 0.319 e. The molecule has 2 N–H and O–H groups in total. The van der Waals surface area contributed by atoms with E-state index in [1.54, 1.807) is 11.3 Å². The van der Waals surface area contributed by atoms with Crippen LogP contribution in [-0.2, 0) is 6.54 Å². The van der Waals surface area contributed by atoms with Crippen LogP contribution >= 0.6 is 33.9 Å². The van der Waals surface area contributed by atoms with Gasteiger partial charge in [-0.2, -0.15) is 0 Å². The van der Waals surface area contributed by atoms with Gasteiger partial charge in [0.25, 0.3) is 0 Å². The molecule has 0 atom stereocenters. The number of benzene rings is 1. The van der Waals surface area contributed by atoms with Gasteiger partial charge in [-0.15, -0.1) is 11.3 Å². The molecular weight excluding hydrogens is 361 g/mol. The molecule has 0 aliphatic carbocycles. The Morgan fingerprint density at radius 1 is 1.44 bits per heavy atom. The number of hydrogen-bond donors (Lipinski definition) is 2. The summed E-state index contributed by atoms with van der Waals surface area (Å²) in [5, 5.41) is 8.46. The molecule has 1 aromatic carbocycles. The summed E-state index contributed by atoms with van der Waals surface area (Å²) in [5.74, 6) is 0. The molecule has 2 aromatic rings. The van der Waals surface area contributed by atoms with Crippen LogP contribution in [0.5, 0.6) is 0 Å². The van der Waals surface area contributed by atoms with E-state index in [0.717, 1.165) is 20.0 Å². The van der Waals surface area contributed by atoms with E-state index in [4.69, 9.17) is 0 Å². The first-order valence-electron chi connectivity index (χ1n) is 5.35. The van der Waals surface area contributed by atoms with Gasteiger partial charge in [0.2, 0.25) is 0 Å². The summed E-state index contributed by atoms with van der Waals surface area (Å²) in [6.45, 7) is 2.39. The van der Waals surface area contributed by atoms with E-state index in [1.807, 2.05) is 36.6 Å². The first-order valence-corrected chi connectivity index (χ1v) is 7.31. The number of hydrogen-bond acceptors (Lipinski definition) is 3. The number of aromatic nitrogens is 1. The molecule has 0 radical (unpaired) electrons. The Balaban J connectivity index is 1.88. The van der Waals surface area contributed by atoms with E-state index >= 15 is 0 Å². The van der Waals surface area contributed by atoms with Crippen molar-refractivity contribution in [3.8, 4) is 0 Å². The largest absolute Gasteiger partial charge is 0.331 e. The Labute approximate surface area is 123 Å². The number of thiazole rings is 1. The second-order valence-electron chi connectivity index (χ2n) is 3.67. The van der Waals surface area contributed by atoms with Gasteiger partial charge < -0.3 is 10.6 Å². The van der Waals surface area contributed by atoms with Crippen molar-refractivity contribution in [2.75, 3.05) is 5.32 Å². The van der Waals surface area contributed by atoms with Crippen molar-refractivity contribution in [1.29, 1.82) is 0 Å². The lowest BCUT2D eigenvalue weighted by Crippen LogP contribution is -2.28. The van der Waals surface area contributed by atoms with Gasteiger partial charge in [0.15, 0.2) is 0 Å². The maximum Gasteiger partial charge on any atom is 0.319 e. The van der Waals surface area contributed by atoms with Crippen LogP contribution in [-0.4, -0.2) is 11.0 Å². The molecule has 2 rings (SSSR count). The van der Waals surface area contributed by atoms with Gasteiger partial charge in [-0.05, 0) is 41.6 Å². The van der Waals surface area contributed by atoms with Gasteiger partial charge in [0, 0.05) is 14.6 Å². The van der Waals surface area contributed by atoms with Crippen LogP contribution < -0.4 is 10.6 Å². The molecule has 1 heterocycles. The molecule has 0 aliphatic rings. The molecule has 94 valence electrons. The van der Waals surface area contributed by atoms with Gasteiger partial charge in [0.1, 0.15) is 5.01 Å². The van der Waals surface area contributed by atoms with E-state index in [1.165, 1.54) is 0 Å². The lowest BCUT2D eigenvalue weighted by Gasteiger charge is -2.07. The summed E-state index contributed by atoms with van der Waals surface area (Å²) in [6, 6.07) is 7.42. The molecular formula is C12H12IN3OS. The van der Waals surface area contributed by atoms with Crippen LogP contribution in [0.15, 0.2) is 29.6 Å². The minimum Gasteiger partial charge on any atom is -0.331 e. The fourth-order valence-corrected chi connectivity index (χ4v) is 2.60. The maximum absolute atomic E-state index is 11.7. The number of urea groups is 1. The van der Waals surface area contributed by atoms with E-state index in [2.05, 4.69) is 38.2 Å². The van der Waals surface area contributed by atoms with Crippen molar-refractivity contribution < 1.29 is 4.79 Å². The summed E-state index contributed by atoms with van der Waals surface area (Å²) in [5.41, 5.74) is 1.79. The standard InChI is InChI=1S/C12H12IN3OS/c1-8-7-18-11(15-8)6-14-12(17)16-10-5-3-2-4-9(10)13/h2-5,7H,6H2,1H3,(H2,14,16,17). The van der Waals surface area contributed by atoms with Crippen LogP contribution in [0.4, 0.5) is 10.5 Å². The van der Waals surface area contributed by atoms with Crippen molar-refractivity contribution in [2.24, 2.45) is 0 Å². The molecule has 0 spiro atoms. The van der Waals surface area contributed by atoms with Crippen molar-refractivity contribution in [1.82, 2.24) is 10.3 Å². The lowest BCUT2D eigenvalue weighted by molar-refractivity contribution is 0.251. The topological polar surface area (TPSA) is 54.0 Å². The fraction of sp³-hybridized carbons (Fsp3) is 0.167. The summed E-state index contributed by atoms with van der Waals surface area (Å²) in [7, 11) is 0. The van der Waals surface area contributed by atoms with Crippen molar-refractivity contribution in [3.63, 3.8) is 0 Å². The van der Waals surface area contributed by atoms with Crippen molar-refractivity contribution in [3.05, 3.63) is 43.9 Å². The second kappa shape index (κ2) is 6.14. The average Bonchev–Trinajstić information content (AvgIpc) is 2.76. The Morgan fingerprint density at radius 2 is 2.22 bits per heavy atom. The highest BCUT2D eigenvalue weighted by Gasteiger charge is 2.05. The van der Waals surface area contributed by atoms with Gasteiger partial charge in [-0.1, -0.05) is 12.1 Å². The molecule has 1 aromatic heterocycles. The van der Waals surface area contributed by atoms with E-state index < -0.39 is 0 Å². The van der Waals surface area contributed by atoms with Gasteiger partial charge in [-0.3, -0.25) is 0 Å². The predicted octanol–water partition coefficient (Wildman–Crippen LogP) is 3.38. The van der Waals surface area contributed by atoms with Crippen LogP contribution in [0, 0.1) is 10.5 Å². The molecule has 0 saturated heterocycles. The zero-order valence-electron chi connectivity index (χ0n) is 9.74. The van der Waals surface area contributed by atoms with Crippen LogP contribution in [0.25, 0.3) is 0 Å². The average molecular weight is 373 g/mol. The fourth-order valence-electron chi connectivity index (χ4n) is 1.37. The number of amides is 2. The molecule has 0 unspecified atom stereocenters. The van der Waals surface area contributed by atoms with Gasteiger partial charge in [0.05, 0.1) is 12.2 Å². The van der Waals surface area contributed by atoms with Crippen LogP contribution in [0.1, 0.15) is 10.7 Å². The van der Waals surface area contributed by atoms with Gasteiger partial charge in [-0.25, -0.2) is 9.78 Å². The lowest BCUT2D eigenvalue weighted by atomic mass is 10.3. The predicted molar refractivity (Wildman–Crippen MR) is 81.9 cm³/mol. The molecule has 0 saturated carbocycles. The first-order chi connectivity index (χ1) is 8.65. The van der Waals surface area contributed by atoms with E-state index in [9.17, 15) is 4.79 Å². The highest BCUT2D eigenvalue weighted by molar-refractivity contribution is 14.1. The molecule has 0 aliphatic heterocycles. The molecule has 4 nitrogen and oxygen atoms in total. The first kappa shape index (κ1) is 13.3. The Bertz CT molecular complexity index is 556. The second-order valence-corrected chi connectivity index (χ2v) is 5.77. The van der Waals surface area contributed by atoms with Gasteiger partial charge >= 0.3 is 6.03 Å². The highest BCUT2D eigenvalue weighted by Crippen LogP contribution is 2.16. The summed E-state index contributed by atoms with van der Waals surface area (Å²) < 4.78 is 1.01. The minimum atomic E-state index is -0.216. The number of carbonyl (C=O) groups excluding carboxylic acids is 1. The number of halogens is 1. The zero-order chi connectivity index (χ0) is 13.0. The number of anilines is 1. The van der Waals surface area contributed by atoms with Crippen LogP contribution in [0.3, 0.4) is 0 Å². The van der Waals surface area contributed by atoms with Crippen molar-refractivity contribution >= 4 is 45.6 Å². The number of carbonyl (C=O) groups is 1. The number of aryl methyl sites for hydroxylation is 1. The molecule has 2 amide bonds. The Hall–Kier alpha value is -1.15. The Kier molecular flexibility index (Phi) is 4.54. The van der Waals surface area contributed by atoms with E-state index in [-0.39, 0.29) is 6.03 Å². The molecule has 0 bridgehead atoms. The maximum atomic E-state index is 11.7. The number of nitrogens with zero attached hydrogens (tertiary/aromatic N) is 1. The summed E-state index contributed by atoms with van der Waals surface area (Å²) in [4.78, 5) is 16.0.